The molecule has 0 aliphatic carbocycles. The predicted octanol–water partition coefficient (Wildman–Crippen LogP) is 1.55. The number of H-pyrrole nitrogens is 1. The van der Waals surface area contributed by atoms with Crippen molar-refractivity contribution in [1.29, 1.82) is 0 Å². The van der Waals surface area contributed by atoms with Crippen LogP contribution in [0.1, 0.15) is 6.92 Å². The van der Waals surface area contributed by atoms with Crippen molar-refractivity contribution in [3.05, 3.63) is 64.7 Å². The highest BCUT2D eigenvalue weighted by Gasteiger charge is 2.20. The zero-order valence-electron chi connectivity index (χ0n) is 10.8. The van der Waals surface area contributed by atoms with Crippen molar-refractivity contribution < 1.29 is 8.42 Å². The van der Waals surface area contributed by atoms with Gasteiger partial charge in [-0.1, -0.05) is 18.7 Å². The number of allylic oxidation sites excluding steroid dienone is 4. The highest BCUT2D eigenvalue weighted by atomic mass is 32.2. The molecule has 0 spiro atoms. The van der Waals surface area contributed by atoms with E-state index in [2.05, 4.69) is 16.5 Å². The van der Waals surface area contributed by atoms with Crippen LogP contribution < -0.4 is 5.56 Å². The molecule has 0 saturated carbocycles. The lowest BCUT2D eigenvalue weighted by molar-refractivity contribution is 0.596. The molecule has 1 N–H and O–H groups in total. The Morgan fingerprint density at radius 3 is 2.90 bits per heavy atom. The first-order chi connectivity index (χ1) is 9.52. The fourth-order valence-electron chi connectivity index (χ4n) is 1.76. The quantitative estimate of drug-likeness (QED) is 0.866. The number of hydrogen-bond acceptors (Lipinski definition) is 4. The first-order valence-electron chi connectivity index (χ1n) is 5.78. The van der Waals surface area contributed by atoms with E-state index in [1.165, 1.54) is 36.8 Å². The average molecular weight is 291 g/mol. The number of rotatable bonds is 4. The smallest absolute Gasteiger partial charge is 0.269 e. The molecule has 0 bridgehead atoms. The summed E-state index contributed by atoms with van der Waals surface area (Å²) in [5, 5.41) is 0.217. The van der Waals surface area contributed by atoms with Gasteiger partial charge < -0.3 is 4.98 Å². The maximum absolute atomic E-state index is 12.5. The Morgan fingerprint density at radius 1 is 1.50 bits per heavy atom. The number of hydrogen-bond donors (Lipinski definition) is 1. The number of aromatic nitrogens is 3. The summed E-state index contributed by atoms with van der Waals surface area (Å²) in [6.07, 6.45) is 8.31. The molecule has 7 heteroatoms. The topological polar surface area (TPSA) is 84.8 Å². The minimum Gasteiger partial charge on any atom is -0.313 e. The zero-order valence-corrected chi connectivity index (χ0v) is 11.6. The van der Waals surface area contributed by atoms with Crippen LogP contribution in [0.3, 0.4) is 0 Å². The molecule has 0 aromatic carbocycles. The fraction of sp³-hybridized carbons (Fsp3) is 0.0769. The Kier molecular flexibility index (Phi) is 3.71. The summed E-state index contributed by atoms with van der Waals surface area (Å²) in [6.45, 7) is 5.21. The second-order valence-electron chi connectivity index (χ2n) is 3.89. The third-order valence-electron chi connectivity index (χ3n) is 2.62. The molecule has 2 heterocycles. The van der Waals surface area contributed by atoms with Crippen LogP contribution in [0.5, 0.6) is 0 Å². The predicted molar refractivity (Wildman–Crippen MR) is 77.8 cm³/mol. The largest absolute Gasteiger partial charge is 0.313 e. The number of nitrogens with one attached hydrogen (secondary N) is 1. The fourth-order valence-corrected chi connectivity index (χ4v) is 3.15. The van der Waals surface area contributed by atoms with Gasteiger partial charge in [-0.05, 0) is 25.1 Å². The van der Waals surface area contributed by atoms with Crippen LogP contribution in [0.4, 0.5) is 0 Å². The van der Waals surface area contributed by atoms with Crippen molar-refractivity contribution in [1.82, 2.24) is 13.9 Å². The van der Waals surface area contributed by atoms with E-state index in [0.29, 0.717) is 0 Å². The molecule has 0 fully saturated rings. The van der Waals surface area contributed by atoms with Gasteiger partial charge in [-0.3, -0.25) is 4.79 Å². The molecule has 0 saturated heterocycles. The highest BCUT2D eigenvalue weighted by Crippen LogP contribution is 2.18. The Hall–Kier alpha value is -2.41. The van der Waals surface area contributed by atoms with Crippen LogP contribution in [0.15, 0.2) is 59.2 Å². The van der Waals surface area contributed by atoms with E-state index in [4.69, 9.17) is 0 Å². The van der Waals surface area contributed by atoms with Crippen LogP contribution >= 0.6 is 0 Å². The van der Waals surface area contributed by atoms with Crippen molar-refractivity contribution in [3.63, 3.8) is 0 Å². The molecule has 0 unspecified atom stereocenters. The van der Waals surface area contributed by atoms with Crippen molar-refractivity contribution in [3.8, 4) is 0 Å². The van der Waals surface area contributed by atoms with E-state index in [0.717, 1.165) is 3.97 Å². The molecule has 0 aliphatic heterocycles. The molecule has 0 radical (unpaired) electrons. The molecule has 0 aliphatic rings. The summed E-state index contributed by atoms with van der Waals surface area (Å²) >= 11 is 0. The molecule has 2 rings (SSSR count). The molecule has 0 amide bonds. The summed E-state index contributed by atoms with van der Waals surface area (Å²) in [6, 6.07) is 1.42. The van der Waals surface area contributed by atoms with E-state index in [9.17, 15) is 13.2 Å². The first kappa shape index (κ1) is 14.0. The van der Waals surface area contributed by atoms with E-state index in [1.54, 1.807) is 13.0 Å². The third-order valence-corrected chi connectivity index (χ3v) is 4.30. The Morgan fingerprint density at radius 2 is 2.25 bits per heavy atom. The molecule has 6 nitrogen and oxygen atoms in total. The minimum atomic E-state index is -3.82. The number of fused-ring (bicyclic) bond motifs is 1. The third kappa shape index (κ3) is 2.23. The van der Waals surface area contributed by atoms with Crippen molar-refractivity contribution >= 4 is 21.1 Å². The monoisotopic (exact) mass is 291 g/mol. The van der Waals surface area contributed by atoms with Crippen LogP contribution in [0.25, 0.3) is 11.0 Å². The van der Waals surface area contributed by atoms with Crippen LogP contribution in [-0.2, 0) is 10.0 Å². The van der Waals surface area contributed by atoms with E-state index >= 15 is 0 Å². The van der Waals surface area contributed by atoms with Gasteiger partial charge in [0.1, 0.15) is 0 Å². The SMILES string of the molecule is C=C/C=C(\C=C/C)S(=O)(=O)n1ccc2c(=O)[nH]cnc21. The summed E-state index contributed by atoms with van der Waals surface area (Å²) < 4.78 is 26.1. The lowest BCUT2D eigenvalue weighted by Crippen LogP contribution is -2.15. The van der Waals surface area contributed by atoms with Crippen LogP contribution in [0, 0.1) is 0 Å². The van der Waals surface area contributed by atoms with Crippen molar-refractivity contribution in [2.45, 2.75) is 6.92 Å². The lowest BCUT2D eigenvalue weighted by atomic mass is 10.4. The second-order valence-corrected chi connectivity index (χ2v) is 5.71. The normalized spacial score (nSPS) is 13.2. The maximum Gasteiger partial charge on any atom is 0.269 e. The minimum absolute atomic E-state index is 0.0644. The number of aromatic amines is 1. The maximum atomic E-state index is 12.5. The highest BCUT2D eigenvalue weighted by molar-refractivity contribution is 7.94. The van der Waals surface area contributed by atoms with Gasteiger partial charge in [0.15, 0.2) is 5.65 Å². The summed E-state index contributed by atoms with van der Waals surface area (Å²) in [5.41, 5.74) is -0.294. The van der Waals surface area contributed by atoms with Gasteiger partial charge in [0.25, 0.3) is 15.6 Å². The van der Waals surface area contributed by atoms with Crippen molar-refractivity contribution in [2.24, 2.45) is 0 Å². The second kappa shape index (κ2) is 5.30. The Balaban J connectivity index is 2.75. The molecule has 2 aromatic rings. The molecular formula is C13H13N3O3S. The Bertz CT molecular complexity index is 870. The molecular weight excluding hydrogens is 278 g/mol. The average Bonchev–Trinajstić information content (AvgIpc) is 2.84. The molecule has 20 heavy (non-hydrogen) atoms. The molecule has 0 atom stereocenters. The van der Waals surface area contributed by atoms with E-state index in [-0.39, 0.29) is 21.5 Å². The summed E-state index contributed by atoms with van der Waals surface area (Å²) in [4.78, 5) is 18.0. The van der Waals surface area contributed by atoms with Crippen LogP contribution in [0.2, 0.25) is 0 Å². The first-order valence-corrected chi connectivity index (χ1v) is 7.22. The van der Waals surface area contributed by atoms with Gasteiger partial charge in [-0.25, -0.2) is 17.4 Å². The van der Waals surface area contributed by atoms with E-state index < -0.39 is 10.0 Å². The zero-order chi connectivity index (χ0) is 14.8. The van der Waals surface area contributed by atoms with Gasteiger partial charge in [0.05, 0.1) is 16.6 Å². The van der Waals surface area contributed by atoms with Crippen LogP contribution in [-0.4, -0.2) is 22.4 Å². The van der Waals surface area contributed by atoms with Crippen molar-refractivity contribution in [2.75, 3.05) is 0 Å². The van der Waals surface area contributed by atoms with Gasteiger partial charge >= 0.3 is 0 Å². The molecule has 2 aromatic heterocycles. The molecule has 104 valence electrons. The number of nitrogens with zero attached hydrogens (tertiary/aromatic N) is 2. The lowest BCUT2D eigenvalue weighted by Gasteiger charge is -2.07. The Labute approximate surface area is 115 Å². The summed E-state index contributed by atoms with van der Waals surface area (Å²) in [7, 11) is -3.82. The summed E-state index contributed by atoms with van der Waals surface area (Å²) in [5.74, 6) is 0. The van der Waals surface area contributed by atoms with Gasteiger partial charge in [0.2, 0.25) is 0 Å². The van der Waals surface area contributed by atoms with Gasteiger partial charge in [-0.15, -0.1) is 0 Å². The van der Waals surface area contributed by atoms with Gasteiger partial charge in [-0.2, -0.15) is 0 Å². The van der Waals surface area contributed by atoms with Gasteiger partial charge in [0, 0.05) is 6.20 Å². The standard InChI is InChI=1S/C13H13N3O3S/c1-3-5-10(6-4-2)20(18,19)16-8-7-11-12(16)14-9-15-13(11)17/h3-9H,1H2,2H3,(H,14,15,17)/b6-4-,10-5+. The van der Waals surface area contributed by atoms with E-state index in [1.807, 2.05) is 0 Å².